The zero-order valence-corrected chi connectivity index (χ0v) is 13.9. The van der Waals surface area contributed by atoms with E-state index in [4.69, 9.17) is 16.1 Å². The van der Waals surface area contributed by atoms with Gasteiger partial charge in [-0.05, 0) is 48.5 Å². The van der Waals surface area contributed by atoms with E-state index in [1.165, 1.54) is 0 Å². The Hall–Kier alpha value is -2.02. The van der Waals surface area contributed by atoms with Crippen molar-refractivity contribution in [3.63, 3.8) is 0 Å². The van der Waals surface area contributed by atoms with Crippen LogP contribution in [0.2, 0.25) is 0 Å². The molecule has 2 nitrogen and oxygen atoms in total. The molecule has 3 rings (SSSR count). The quantitative estimate of drug-likeness (QED) is 0.454. The van der Waals surface area contributed by atoms with E-state index < -0.39 is 0 Å². The minimum atomic E-state index is 0.347. The van der Waals surface area contributed by atoms with E-state index in [0.29, 0.717) is 11.6 Å². The van der Waals surface area contributed by atoms with Crippen LogP contribution in [-0.4, -0.2) is 5.16 Å². The summed E-state index contributed by atoms with van der Waals surface area (Å²) in [7, 11) is 0. The fourth-order valence-corrected chi connectivity index (χ4v) is 2.30. The average molecular weight is 373 g/mol. The second kappa shape index (κ2) is 6.83. The minimum absolute atomic E-state index is 0.347. The van der Waals surface area contributed by atoms with Gasteiger partial charge < -0.3 is 4.52 Å². The van der Waals surface area contributed by atoms with Crippen LogP contribution < -0.4 is 0 Å². The van der Waals surface area contributed by atoms with Crippen LogP contribution in [0, 0.1) is 11.8 Å². The van der Waals surface area contributed by atoms with E-state index in [-0.39, 0.29) is 0 Å². The molecular weight excluding hydrogens is 362 g/mol. The Balaban J connectivity index is 1.78. The number of hydrogen-bond acceptors (Lipinski definition) is 2. The van der Waals surface area contributed by atoms with Gasteiger partial charge in [-0.1, -0.05) is 32.9 Å². The minimum Gasteiger partial charge on any atom is -0.356 e. The van der Waals surface area contributed by atoms with Gasteiger partial charge in [0.2, 0.25) is 0 Å². The first kappa shape index (κ1) is 14.9. The number of halogens is 2. The molecule has 0 saturated heterocycles. The first-order valence-corrected chi connectivity index (χ1v) is 7.97. The van der Waals surface area contributed by atoms with Crippen molar-refractivity contribution < 1.29 is 4.52 Å². The van der Waals surface area contributed by atoms with Crippen LogP contribution in [0.5, 0.6) is 0 Å². The highest BCUT2D eigenvalue weighted by Crippen LogP contribution is 2.21. The maximum Gasteiger partial charge on any atom is 0.167 e. The summed E-state index contributed by atoms with van der Waals surface area (Å²) < 4.78 is 6.29. The van der Waals surface area contributed by atoms with Crippen molar-refractivity contribution in [1.29, 1.82) is 0 Å². The van der Waals surface area contributed by atoms with Crippen molar-refractivity contribution in [2.75, 3.05) is 0 Å². The van der Waals surface area contributed by atoms with Gasteiger partial charge in [0.15, 0.2) is 5.76 Å². The molecule has 0 unspecified atom stereocenters. The Morgan fingerprint density at radius 2 is 1.55 bits per heavy atom. The molecule has 0 amide bonds. The predicted molar refractivity (Wildman–Crippen MR) is 91.6 cm³/mol. The number of alkyl halides is 1. The maximum absolute atomic E-state index is 5.72. The highest BCUT2D eigenvalue weighted by molar-refractivity contribution is 9.10. The van der Waals surface area contributed by atoms with Gasteiger partial charge in [0.25, 0.3) is 0 Å². The maximum atomic E-state index is 5.72. The molecule has 0 radical (unpaired) electrons. The fraction of sp³-hybridized carbons (Fsp3) is 0.0556. The largest absolute Gasteiger partial charge is 0.356 e. The Morgan fingerprint density at radius 1 is 0.955 bits per heavy atom. The summed E-state index contributed by atoms with van der Waals surface area (Å²) in [6.45, 7) is 0. The van der Waals surface area contributed by atoms with E-state index in [2.05, 4.69) is 32.9 Å². The van der Waals surface area contributed by atoms with Crippen LogP contribution in [0.15, 0.2) is 63.6 Å². The first-order chi connectivity index (χ1) is 10.7. The molecule has 4 heteroatoms. The van der Waals surface area contributed by atoms with Gasteiger partial charge in [-0.2, -0.15) is 0 Å². The lowest BCUT2D eigenvalue weighted by Gasteiger charge is -1.95. The second-order valence-corrected chi connectivity index (χ2v) is 5.83. The van der Waals surface area contributed by atoms with Crippen molar-refractivity contribution in [3.05, 3.63) is 75.9 Å². The zero-order valence-electron chi connectivity index (χ0n) is 11.5. The first-order valence-electron chi connectivity index (χ1n) is 6.64. The van der Waals surface area contributed by atoms with Crippen LogP contribution in [0.1, 0.15) is 16.8 Å². The molecule has 0 aliphatic carbocycles. The van der Waals surface area contributed by atoms with E-state index in [1.54, 1.807) is 0 Å². The summed E-state index contributed by atoms with van der Waals surface area (Å²) in [5.74, 6) is 7.34. The lowest BCUT2D eigenvalue weighted by Crippen LogP contribution is -1.78. The zero-order chi connectivity index (χ0) is 15.4. The summed E-state index contributed by atoms with van der Waals surface area (Å²) in [5.41, 5.74) is 3.62. The molecule has 1 heterocycles. The van der Waals surface area contributed by atoms with Gasteiger partial charge in [0, 0.05) is 27.2 Å². The lowest BCUT2D eigenvalue weighted by molar-refractivity contribution is 0.426. The van der Waals surface area contributed by atoms with E-state index in [0.717, 1.165) is 26.9 Å². The molecule has 0 spiro atoms. The van der Waals surface area contributed by atoms with Gasteiger partial charge in [-0.15, -0.1) is 11.6 Å². The van der Waals surface area contributed by atoms with E-state index in [9.17, 15) is 0 Å². The van der Waals surface area contributed by atoms with Crippen LogP contribution >= 0.6 is 27.5 Å². The topological polar surface area (TPSA) is 26.0 Å². The summed E-state index contributed by atoms with van der Waals surface area (Å²) in [5, 5.41) is 3.88. The molecule has 22 heavy (non-hydrogen) atoms. The van der Waals surface area contributed by atoms with E-state index in [1.807, 2.05) is 54.6 Å². The summed E-state index contributed by atoms with van der Waals surface area (Å²) in [6.07, 6.45) is 0. The highest BCUT2D eigenvalue weighted by atomic mass is 79.9. The van der Waals surface area contributed by atoms with Crippen molar-refractivity contribution in [1.82, 2.24) is 5.16 Å². The van der Waals surface area contributed by atoms with Gasteiger partial charge in [0.05, 0.1) is 11.6 Å². The van der Waals surface area contributed by atoms with Crippen molar-refractivity contribution >= 4 is 27.5 Å². The van der Waals surface area contributed by atoms with Gasteiger partial charge in [-0.25, -0.2) is 0 Å². The van der Waals surface area contributed by atoms with Crippen molar-refractivity contribution in [2.24, 2.45) is 0 Å². The molecule has 0 bridgehead atoms. The van der Waals surface area contributed by atoms with Crippen LogP contribution in [0.25, 0.3) is 11.3 Å². The lowest BCUT2D eigenvalue weighted by atomic mass is 10.1. The Bertz CT molecular complexity index is 826. The molecule has 0 N–H and O–H groups in total. The third kappa shape index (κ3) is 3.59. The number of benzene rings is 2. The standard InChI is InChI=1S/C18H11BrClNO/c19-16-9-5-14(6-10-16)2-1-13-3-7-15(8-4-13)18-11-17(12-20)21-22-18/h3-11H,12H2. The monoisotopic (exact) mass is 371 g/mol. The summed E-state index contributed by atoms with van der Waals surface area (Å²) in [4.78, 5) is 0. The van der Waals surface area contributed by atoms with Gasteiger partial charge in [-0.3, -0.25) is 0 Å². The Labute approximate surface area is 142 Å². The van der Waals surface area contributed by atoms with Gasteiger partial charge >= 0.3 is 0 Å². The van der Waals surface area contributed by atoms with Crippen molar-refractivity contribution in [2.45, 2.75) is 5.88 Å². The Kier molecular flexibility index (Phi) is 4.62. The molecular formula is C18H11BrClNO. The molecule has 0 fully saturated rings. The Morgan fingerprint density at radius 3 is 2.09 bits per heavy atom. The predicted octanol–water partition coefficient (Wildman–Crippen LogP) is 5.24. The summed E-state index contributed by atoms with van der Waals surface area (Å²) >= 11 is 9.13. The highest BCUT2D eigenvalue weighted by Gasteiger charge is 2.05. The molecule has 0 saturated carbocycles. The van der Waals surface area contributed by atoms with Crippen molar-refractivity contribution in [3.8, 4) is 23.2 Å². The van der Waals surface area contributed by atoms with Crippen LogP contribution in [0.4, 0.5) is 0 Å². The number of rotatable bonds is 2. The molecule has 1 aromatic heterocycles. The van der Waals surface area contributed by atoms with E-state index >= 15 is 0 Å². The average Bonchev–Trinajstić information content (AvgIpc) is 3.04. The number of hydrogen-bond donors (Lipinski definition) is 0. The fourth-order valence-electron chi connectivity index (χ4n) is 1.91. The molecule has 108 valence electrons. The molecule has 3 aromatic rings. The van der Waals surface area contributed by atoms with Crippen LogP contribution in [0.3, 0.4) is 0 Å². The number of nitrogens with zero attached hydrogens (tertiary/aromatic N) is 1. The number of aromatic nitrogens is 1. The molecule has 0 aliphatic rings. The van der Waals surface area contributed by atoms with Gasteiger partial charge in [0.1, 0.15) is 0 Å². The summed E-state index contributed by atoms with van der Waals surface area (Å²) in [6, 6.07) is 17.6. The third-order valence-corrected chi connectivity index (χ3v) is 3.86. The second-order valence-electron chi connectivity index (χ2n) is 4.65. The third-order valence-electron chi connectivity index (χ3n) is 3.06. The molecule has 2 aromatic carbocycles. The normalized spacial score (nSPS) is 10.1. The van der Waals surface area contributed by atoms with Crippen LogP contribution in [-0.2, 0) is 5.88 Å². The molecule has 0 atom stereocenters. The smallest absolute Gasteiger partial charge is 0.167 e. The molecule has 0 aliphatic heterocycles. The SMILES string of the molecule is ClCc1cc(-c2ccc(C#Cc3ccc(Br)cc3)cc2)on1.